The lowest BCUT2D eigenvalue weighted by Crippen LogP contribution is -2.57. The summed E-state index contributed by atoms with van der Waals surface area (Å²) in [5.74, 6) is 5.29. The van der Waals surface area contributed by atoms with E-state index in [9.17, 15) is 4.79 Å². The Morgan fingerprint density at radius 3 is 2.65 bits per heavy atom. The predicted molar refractivity (Wildman–Crippen MR) is 109 cm³/mol. The molecular weight excluding hydrogens is 338 g/mol. The van der Waals surface area contributed by atoms with E-state index in [0.29, 0.717) is 16.7 Å². The van der Waals surface area contributed by atoms with Crippen molar-refractivity contribution < 1.29 is 4.79 Å². The molecule has 1 saturated heterocycles. The zero-order chi connectivity index (χ0) is 18.2. The number of carbonyl (C=O) groups excluding carboxylic acids is 1. The first-order valence-electron chi connectivity index (χ1n) is 11.3. The average Bonchev–Trinajstić information content (AvgIpc) is 3.19. The van der Waals surface area contributed by atoms with Gasteiger partial charge in [0.15, 0.2) is 0 Å². The first-order chi connectivity index (χ1) is 12.4. The molecule has 0 aromatic heterocycles. The molecule has 26 heavy (non-hydrogen) atoms. The van der Waals surface area contributed by atoms with E-state index >= 15 is 0 Å². The molecule has 5 fully saturated rings. The third-order valence-corrected chi connectivity index (χ3v) is 11.5. The Morgan fingerprint density at radius 1 is 1.00 bits per heavy atom. The van der Waals surface area contributed by atoms with Gasteiger partial charge < -0.3 is 4.90 Å². The van der Waals surface area contributed by atoms with Gasteiger partial charge in [0.05, 0.1) is 4.87 Å². The Bertz CT molecular complexity index is 607. The molecule has 7 atom stereocenters. The highest BCUT2D eigenvalue weighted by Crippen LogP contribution is 2.68. The van der Waals surface area contributed by atoms with Gasteiger partial charge in [0.2, 0.25) is 5.91 Å². The highest BCUT2D eigenvalue weighted by molar-refractivity contribution is 8.00. The van der Waals surface area contributed by atoms with Crippen molar-refractivity contribution in [2.75, 3.05) is 12.3 Å². The Labute approximate surface area is 164 Å². The summed E-state index contributed by atoms with van der Waals surface area (Å²) in [7, 11) is 0. The molecular formula is C23H37NOS. The second-order valence-electron chi connectivity index (χ2n) is 10.9. The fraction of sp³-hybridized carbons (Fsp3) is 0.957. The van der Waals surface area contributed by atoms with Crippen LogP contribution in [0, 0.1) is 34.5 Å². The molecule has 0 radical (unpaired) electrons. The lowest BCUT2D eigenvalue weighted by Gasteiger charge is -2.62. The molecule has 4 aliphatic carbocycles. The first-order valence-corrected chi connectivity index (χ1v) is 12.3. The molecule has 4 saturated carbocycles. The van der Waals surface area contributed by atoms with Gasteiger partial charge in [-0.1, -0.05) is 20.3 Å². The topological polar surface area (TPSA) is 20.3 Å². The van der Waals surface area contributed by atoms with Crippen LogP contribution in [0.25, 0.3) is 0 Å². The van der Waals surface area contributed by atoms with E-state index in [-0.39, 0.29) is 4.87 Å². The lowest BCUT2D eigenvalue weighted by atomic mass is 9.45. The van der Waals surface area contributed by atoms with Crippen LogP contribution >= 0.6 is 11.8 Å². The monoisotopic (exact) mass is 375 g/mol. The number of thioether (sulfide) groups is 1. The fourth-order valence-electron chi connectivity index (χ4n) is 8.63. The minimum Gasteiger partial charge on any atom is -0.327 e. The van der Waals surface area contributed by atoms with Crippen LogP contribution in [-0.4, -0.2) is 28.0 Å². The fourth-order valence-corrected chi connectivity index (χ4v) is 10.2. The summed E-state index contributed by atoms with van der Waals surface area (Å²) in [5.41, 5.74) is 1.22. The Hall–Kier alpha value is -0.180. The summed E-state index contributed by atoms with van der Waals surface area (Å²) in [6.07, 6.45) is 14.3. The van der Waals surface area contributed by atoms with Crippen molar-refractivity contribution >= 4 is 17.7 Å². The van der Waals surface area contributed by atoms with Crippen LogP contribution in [0.3, 0.4) is 0 Å². The van der Waals surface area contributed by atoms with Gasteiger partial charge in [-0.25, -0.2) is 0 Å². The maximum Gasteiger partial charge on any atom is 0.220 e. The van der Waals surface area contributed by atoms with Crippen LogP contribution in [-0.2, 0) is 4.79 Å². The zero-order valence-electron chi connectivity index (χ0n) is 17.1. The second kappa shape index (κ2) is 5.91. The molecule has 2 nitrogen and oxygen atoms in total. The van der Waals surface area contributed by atoms with E-state index < -0.39 is 0 Å². The van der Waals surface area contributed by atoms with Gasteiger partial charge in [0.25, 0.3) is 0 Å². The maximum atomic E-state index is 12.3. The van der Waals surface area contributed by atoms with Gasteiger partial charge in [0, 0.05) is 19.2 Å². The van der Waals surface area contributed by atoms with Crippen molar-refractivity contribution in [1.29, 1.82) is 0 Å². The number of rotatable bonds is 0. The summed E-state index contributed by atoms with van der Waals surface area (Å²) in [6, 6.07) is 0. The van der Waals surface area contributed by atoms with Crippen LogP contribution in [0.5, 0.6) is 0 Å². The Balaban J connectivity index is 1.40. The summed E-state index contributed by atoms with van der Waals surface area (Å²) in [4.78, 5) is 14.7. The van der Waals surface area contributed by atoms with E-state index in [1.807, 2.05) is 0 Å². The van der Waals surface area contributed by atoms with Crippen molar-refractivity contribution in [3.63, 3.8) is 0 Å². The number of fused-ring (bicyclic) bond motifs is 5. The van der Waals surface area contributed by atoms with Crippen LogP contribution < -0.4 is 0 Å². The molecule has 5 rings (SSSR count). The van der Waals surface area contributed by atoms with Crippen molar-refractivity contribution in [2.45, 2.75) is 89.9 Å². The standard InChI is InChI=1S/C23H37NOS/c1-16(25)24-13-14-26-23(24)12-11-22(3)17(15-23)6-7-18-19-5-4-9-21(19,2)10-8-20(18)22/h17-20H,4-15H2,1-3H3. The quantitative estimate of drug-likeness (QED) is 0.540. The normalized spacial score (nSPS) is 53.3. The molecule has 0 aromatic carbocycles. The molecule has 0 bridgehead atoms. The number of hydrogen-bond acceptors (Lipinski definition) is 2. The molecule has 1 aliphatic heterocycles. The number of hydrogen-bond donors (Lipinski definition) is 0. The highest BCUT2D eigenvalue weighted by Gasteiger charge is 2.61. The van der Waals surface area contributed by atoms with Gasteiger partial charge in [-0.05, 0) is 92.3 Å². The average molecular weight is 376 g/mol. The molecule has 1 heterocycles. The third-order valence-electron chi connectivity index (χ3n) is 10.0. The summed E-state index contributed by atoms with van der Waals surface area (Å²) < 4.78 is 0. The SMILES string of the molecule is CC(=O)N1CCSC12CCC1(C)C(CCC3C4CCCC4(C)CCC31)C2. The smallest absolute Gasteiger partial charge is 0.220 e. The van der Waals surface area contributed by atoms with Crippen molar-refractivity contribution in [3.05, 3.63) is 0 Å². The van der Waals surface area contributed by atoms with Gasteiger partial charge in [0.1, 0.15) is 0 Å². The lowest BCUT2D eigenvalue weighted by molar-refractivity contribution is -0.140. The summed E-state index contributed by atoms with van der Waals surface area (Å²) in [5, 5.41) is 0. The number of nitrogens with zero attached hydrogens (tertiary/aromatic N) is 1. The molecule has 1 amide bonds. The van der Waals surface area contributed by atoms with Crippen LogP contribution in [0.1, 0.15) is 85.0 Å². The van der Waals surface area contributed by atoms with Crippen molar-refractivity contribution in [3.8, 4) is 0 Å². The molecule has 3 heteroatoms. The van der Waals surface area contributed by atoms with E-state index in [0.717, 1.165) is 36.0 Å². The van der Waals surface area contributed by atoms with E-state index in [1.165, 1.54) is 64.2 Å². The molecule has 0 N–H and O–H groups in total. The maximum absolute atomic E-state index is 12.3. The van der Waals surface area contributed by atoms with Gasteiger partial charge >= 0.3 is 0 Å². The first kappa shape index (κ1) is 17.9. The van der Waals surface area contributed by atoms with E-state index in [2.05, 4.69) is 30.5 Å². The van der Waals surface area contributed by atoms with Gasteiger partial charge in [-0.15, -0.1) is 11.8 Å². The summed E-state index contributed by atoms with van der Waals surface area (Å²) >= 11 is 2.11. The van der Waals surface area contributed by atoms with Crippen molar-refractivity contribution in [1.82, 2.24) is 4.90 Å². The minimum absolute atomic E-state index is 0.152. The van der Waals surface area contributed by atoms with Crippen LogP contribution in [0.2, 0.25) is 0 Å². The Morgan fingerprint density at radius 2 is 1.85 bits per heavy atom. The number of carbonyl (C=O) groups is 1. The zero-order valence-corrected chi connectivity index (χ0v) is 17.9. The van der Waals surface area contributed by atoms with E-state index in [1.54, 1.807) is 6.92 Å². The predicted octanol–water partition coefficient (Wildman–Crippen LogP) is 5.71. The second-order valence-corrected chi connectivity index (χ2v) is 12.4. The molecule has 0 aromatic rings. The third kappa shape index (κ3) is 2.34. The van der Waals surface area contributed by atoms with Gasteiger partial charge in [-0.2, -0.15) is 0 Å². The van der Waals surface area contributed by atoms with Crippen LogP contribution in [0.4, 0.5) is 0 Å². The summed E-state index contributed by atoms with van der Waals surface area (Å²) in [6.45, 7) is 8.05. The van der Waals surface area contributed by atoms with Crippen molar-refractivity contribution in [2.24, 2.45) is 34.5 Å². The van der Waals surface area contributed by atoms with E-state index in [4.69, 9.17) is 0 Å². The molecule has 1 spiro atoms. The van der Waals surface area contributed by atoms with Crippen LogP contribution in [0.15, 0.2) is 0 Å². The largest absolute Gasteiger partial charge is 0.327 e. The highest BCUT2D eigenvalue weighted by atomic mass is 32.2. The minimum atomic E-state index is 0.152. The van der Waals surface area contributed by atoms with Gasteiger partial charge in [-0.3, -0.25) is 4.79 Å². The Kier molecular flexibility index (Phi) is 4.07. The molecule has 146 valence electrons. The molecule has 7 unspecified atom stereocenters. The molecule has 5 aliphatic rings. The number of amides is 1.